The van der Waals surface area contributed by atoms with E-state index in [1.165, 1.54) is 12.1 Å². The molecule has 0 saturated heterocycles. The molecule has 6 heteroatoms. The molecule has 2 N–H and O–H groups in total. The number of nitrogens with one attached hydrogen (secondary N) is 1. The normalized spacial score (nSPS) is 26.8. The van der Waals surface area contributed by atoms with Crippen LogP contribution in [0.4, 0.5) is 4.39 Å². The Morgan fingerprint density at radius 2 is 1.86 bits per heavy atom. The molecular weight excluding hydrogens is 293 g/mol. The van der Waals surface area contributed by atoms with Crippen LogP contribution in [0.25, 0.3) is 0 Å². The molecule has 0 aliphatic heterocycles. The lowest BCUT2D eigenvalue weighted by Crippen LogP contribution is -2.40. The van der Waals surface area contributed by atoms with E-state index in [1.54, 1.807) is 0 Å². The molecule has 2 atom stereocenters. The fraction of sp³-hybridized carbons (Fsp3) is 0.600. The summed E-state index contributed by atoms with van der Waals surface area (Å²) in [6.45, 7) is 3.88. The van der Waals surface area contributed by atoms with Crippen molar-refractivity contribution in [1.29, 1.82) is 0 Å². The third kappa shape index (κ3) is 4.02. The molecule has 1 saturated carbocycles. The molecule has 1 aromatic rings. The number of benzene rings is 1. The molecule has 2 unspecified atom stereocenters. The predicted molar refractivity (Wildman–Crippen MR) is 78.6 cm³/mol. The third-order valence-electron chi connectivity index (χ3n) is 3.97. The third-order valence-corrected chi connectivity index (χ3v) is 5.50. The average molecular weight is 315 g/mol. The Morgan fingerprint density at radius 3 is 2.43 bits per heavy atom. The molecule has 21 heavy (non-hydrogen) atoms. The zero-order valence-electron chi connectivity index (χ0n) is 12.3. The van der Waals surface area contributed by atoms with Crippen molar-refractivity contribution in [3.63, 3.8) is 0 Å². The summed E-state index contributed by atoms with van der Waals surface area (Å²) in [7, 11) is -3.91. The van der Waals surface area contributed by atoms with Gasteiger partial charge in [0.25, 0.3) is 0 Å². The van der Waals surface area contributed by atoms with Gasteiger partial charge in [-0.15, -0.1) is 0 Å². The van der Waals surface area contributed by atoms with Crippen molar-refractivity contribution < 1.29 is 17.9 Å². The molecule has 2 rings (SSSR count). The van der Waals surface area contributed by atoms with Crippen LogP contribution < -0.4 is 4.72 Å². The van der Waals surface area contributed by atoms with Crippen molar-refractivity contribution in [2.24, 2.45) is 11.8 Å². The second-order valence-corrected chi connectivity index (χ2v) is 7.84. The van der Waals surface area contributed by atoms with Gasteiger partial charge >= 0.3 is 0 Å². The van der Waals surface area contributed by atoms with Gasteiger partial charge in [0, 0.05) is 6.04 Å². The number of halogens is 1. The van der Waals surface area contributed by atoms with Crippen LogP contribution in [-0.4, -0.2) is 19.6 Å². The number of rotatable bonds is 4. The Labute approximate surface area is 125 Å². The number of aliphatic hydroxyl groups excluding tert-OH is 1. The van der Waals surface area contributed by atoms with E-state index in [2.05, 4.69) is 18.6 Å². The standard InChI is InChI=1S/C15H22FNO3S/c1-10-5-11(2)7-13(6-10)17-21(19,20)15-8-12(9-18)3-4-14(15)16/h3-4,8,10-11,13,17-18H,5-7,9H2,1-2H3. The average Bonchev–Trinajstić information content (AvgIpc) is 2.37. The highest BCUT2D eigenvalue weighted by atomic mass is 32.2. The van der Waals surface area contributed by atoms with Crippen LogP contribution in [-0.2, 0) is 16.6 Å². The van der Waals surface area contributed by atoms with Crippen molar-refractivity contribution in [2.75, 3.05) is 0 Å². The maximum Gasteiger partial charge on any atom is 0.243 e. The van der Waals surface area contributed by atoms with Crippen LogP contribution >= 0.6 is 0 Å². The van der Waals surface area contributed by atoms with E-state index >= 15 is 0 Å². The van der Waals surface area contributed by atoms with E-state index in [0.29, 0.717) is 17.4 Å². The minimum Gasteiger partial charge on any atom is -0.392 e. The molecule has 1 aliphatic carbocycles. The Kier molecular flexibility index (Phi) is 5.01. The fourth-order valence-corrected chi connectivity index (χ4v) is 4.57. The van der Waals surface area contributed by atoms with Gasteiger partial charge in [-0.1, -0.05) is 19.9 Å². The summed E-state index contributed by atoms with van der Waals surface area (Å²) in [4.78, 5) is -0.389. The van der Waals surface area contributed by atoms with Crippen molar-refractivity contribution in [3.8, 4) is 0 Å². The molecule has 1 fully saturated rings. The Morgan fingerprint density at radius 1 is 1.24 bits per heavy atom. The van der Waals surface area contributed by atoms with Crippen LogP contribution in [0.1, 0.15) is 38.7 Å². The second kappa shape index (κ2) is 6.42. The van der Waals surface area contributed by atoms with Crippen molar-refractivity contribution >= 4 is 10.0 Å². The first-order valence-corrected chi connectivity index (χ1v) is 8.71. The summed E-state index contributed by atoms with van der Waals surface area (Å²) < 4.78 is 41.2. The zero-order chi connectivity index (χ0) is 15.6. The molecule has 0 amide bonds. The quantitative estimate of drug-likeness (QED) is 0.897. The monoisotopic (exact) mass is 315 g/mol. The second-order valence-electron chi connectivity index (χ2n) is 6.16. The molecule has 0 heterocycles. The Bertz CT molecular complexity index is 593. The van der Waals surface area contributed by atoms with Crippen molar-refractivity contribution in [3.05, 3.63) is 29.6 Å². The molecule has 1 aliphatic rings. The molecule has 0 aromatic heterocycles. The first kappa shape index (κ1) is 16.4. The van der Waals surface area contributed by atoms with Gasteiger partial charge in [-0.2, -0.15) is 0 Å². The predicted octanol–water partition coefficient (Wildman–Crippen LogP) is 2.42. The number of hydrogen-bond donors (Lipinski definition) is 2. The van der Waals surface area contributed by atoms with Gasteiger partial charge in [0.1, 0.15) is 10.7 Å². The van der Waals surface area contributed by atoms with E-state index in [4.69, 9.17) is 5.11 Å². The highest BCUT2D eigenvalue weighted by Gasteiger charge is 2.29. The molecule has 0 radical (unpaired) electrons. The van der Waals surface area contributed by atoms with Crippen molar-refractivity contribution in [2.45, 2.75) is 50.7 Å². The highest BCUT2D eigenvalue weighted by molar-refractivity contribution is 7.89. The van der Waals surface area contributed by atoms with Crippen LogP contribution in [0, 0.1) is 17.7 Å². The minimum atomic E-state index is -3.91. The van der Waals surface area contributed by atoms with Crippen LogP contribution in [0.2, 0.25) is 0 Å². The van der Waals surface area contributed by atoms with E-state index < -0.39 is 15.8 Å². The summed E-state index contributed by atoms with van der Waals surface area (Å²) in [6, 6.07) is 3.48. The molecular formula is C15H22FNO3S. The first-order chi connectivity index (χ1) is 9.81. The maximum atomic E-state index is 13.8. The van der Waals surface area contributed by atoms with E-state index in [1.807, 2.05) is 0 Å². The number of hydrogen-bond acceptors (Lipinski definition) is 3. The lowest BCUT2D eigenvalue weighted by Gasteiger charge is -2.31. The summed E-state index contributed by atoms with van der Waals surface area (Å²) in [5.41, 5.74) is 0.377. The first-order valence-electron chi connectivity index (χ1n) is 7.23. The molecule has 4 nitrogen and oxygen atoms in total. The van der Waals surface area contributed by atoms with Crippen molar-refractivity contribution in [1.82, 2.24) is 4.72 Å². The van der Waals surface area contributed by atoms with Gasteiger partial charge in [-0.05, 0) is 48.8 Å². The topological polar surface area (TPSA) is 66.4 Å². The van der Waals surface area contributed by atoms with Gasteiger partial charge < -0.3 is 5.11 Å². The lowest BCUT2D eigenvalue weighted by atomic mass is 9.81. The highest BCUT2D eigenvalue weighted by Crippen LogP contribution is 2.29. The zero-order valence-corrected chi connectivity index (χ0v) is 13.2. The SMILES string of the molecule is CC1CC(C)CC(NS(=O)(=O)c2cc(CO)ccc2F)C1. The van der Waals surface area contributed by atoms with E-state index in [0.717, 1.165) is 25.3 Å². The largest absolute Gasteiger partial charge is 0.392 e. The van der Waals surface area contributed by atoms with Gasteiger partial charge in [-0.3, -0.25) is 0 Å². The maximum absolute atomic E-state index is 13.8. The van der Waals surface area contributed by atoms with Gasteiger partial charge in [0.15, 0.2) is 0 Å². The Balaban J connectivity index is 2.22. The van der Waals surface area contributed by atoms with Gasteiger partial charge in [0.05, 0.1) is 6.61 Å². The number of aliphatic hydroxyl groups is 1. The van der Waals surface area contributed by atoms with Gasteiger partial charge in [-0.25, -0.2) is 17.5 Å². The van der Waals surface area contributed by atoms with Crippen LogP contribution in [0.15, 0.2) is 23.1 Å². The summed E-state index contributed by atoms with van der Waals surface area (Å²) in [6.07, 6.45) is 2.63. The summed E-state index contributed by atoms with van der Waals surface area (Å²) >= 11 is 0. The molecule has 0 spiro atoms. The Hall–Kier alpha value is -0.980. The van der Waals surface area contributed by atoms with Crippen LogP contribution in [0.3, 0.4) is 0 Å². The van der Waals surface area contributed by atoms with E-state index in [-0.39, 0.29) is 17.5 Å². The fourth-order valence-electron chi connectivity index (χ4n) is 3.18. The number of sulfonamides is 1. The molecule has 118 valence electrons. The lowest BCUT2D eigenvalue weighted by molar-refractivity contribution is 0.257. The van der Waals surface area contributed by atoms with E-state index in [9.17, 15) is 12.8 Å². The summed E-state index contributed by atoms with van der Waals surface area (Å²) in [5, 5.41) is 9.07. The summed E-state index contributed by atoms with van der Waals surface area (Å²) in [5.74, 6) is 0.113. The minimum absolute atomic E-state index is 0.161. The smallest absolute Gasteiger partial charge is 0.243 e. The van der Waals surface area contributed by atoms with Gasteiger partial charge in [0.2, 0.25) is 10.0 Å². The van der Waals surface area contributed by atoms with Crippen LogP contribution in [0.5, 0.6) is 0 Å². The molecule has 0 bridgehead atoms. The molecule has 1 aromatic carbocycles.